The first-order valence-electron chi connectivity index (χ1n) is 4.68. The lowest BCUT2D eigenvalue weighted by Crippen LogP contribution is -2.42. The van der Waals surface area contributed by atoms with Crippen LogP contribution in [0.5, 0.6) is 0 Å². The van der Waals surface area contributed by atoms with Crippen LogP contribution >= 0.6 is 0 Å². The summed E-state index contributed by atoms with van der Waals surface area (Å²) in [5.41, 5.74) is 0.458. The highest BCUT2D eigenvalue weighted by Crippen LogP contribution is 2.39. The number of hydrogen-bond donors (Lipinski definition) is 0. The van der Waals surface area contributed by atoms with Gasteiger partial charge >= 0.3 is 0 Å². The largest absolute Gasteiger partial charge is 0.290 e. The van der Waals surface area contributed by atoms with Gasteiger partial charge in [0, 0.05) is 12.1 Å². The average molecular weight is 151 g/mol. The minimum atomic E-state index is 0.458. The molecular formula is C10H17N. The normalized spacial score (nSPS) is 37.0. The summed E-state index contributed by atoms with van der Waals surface area (Å²) < 4.78 is 0. The summed E-state index contributed by atoms with van der Waals surface area (Å²) in [6, 6.07) is 0. The Morgan fingerprint density at radius 1 is 1.45 bits per heavy atom. The van der Waals surface area contributed by atoms with E-state index in [0.717, 1.165) is 5.92 Å². The first-order chi connectivity index (χ1) is 5.26. The molecule has 2 heterocycles. The van der Waals surface area contributed by atoms with E-state index in [1.165, 1.54) is 25.9 Å². The molecule has 1 unspecified atom stereocenters. The van der Waals surface area contributed by atoms with Crippen LogP contribution in [0.2, 0.25) is 0 Å². The summed E-state index contributed by atoms with van der Waals surface area (Å²) in [6.07, 6.45) is 7.54. The van der Waals surface area contributed by atoms with E-state index in [4.69, 9.17) is 0 Å². The van der Waals surface area contributed by atoms with E-state index in [1.54, 1.807) is 0 Å². The third kappa shape index (κ3) is 0.871. The fourth-order valence-electron chi connectivity index (χ4n) is 2.60. The fraction of sp³-hybridized carbons (Fsp3) is 0.800. The van der Waals surface area contributed by atoms with Gasteiger partial charge in [-0.2, -0.15) is 0 Å². The minimum absolute atomic E-state index is 0.458. The lowest BCUT2D eigenvalue weighted by atomic mass is 9.85. The van der Waals surface area contributed by atoms with Gasteiger partial charge in [0.15, 0.2) is 0 Å². The molecule has 2 rings (SSSR count). The van der Waals surface area contributed by atoms with Crippen LogP contribution < -0.4 is 0 Å². The first-order valence-corrected chi connectivity index (χ1v) is 4.68. The molecule has 11 heavy (non-hydrogen) atoms. The molecule has 1 atom stereocenters. The summed E-state index contributed by atoms with van der Waals surface area (Å²) in [7, 11) is 0. The van der Waals surface area contributed by atoms with Crippen molar-refractivity contribution in [1.29, 1.82) is 0 Å². The van der Waals surface area contributed by atoms with Crippen LogP contribution in [0.4, 0.5) is 0 Å². The lowest BCUT2D eigenvalue weighted by Gasteiger charge is -2.35. The van der Waals surface area contributed by atoms with Crippen molar-refractivity contribution in [2.75, 3.05) is 13.1 Å². The molecule has 1 heteroatoms. The van der Waals surface area contributed by atoms with Crippen molar-refractivity contribution in [2.45, 2.75) is 32.2 Å². The Kier molecular flexibility index (Phi) is 1.57. The Balaban J connectivity index is 2.26. The number of rotatable bonds is 1. The number of nitrogens with zero attached hydrogens (tertiary/aromatic N) is 1. The van der Waals surface area contributed by atoms with Gasteiger partial charge in [0.25, 0.3) is 0 Å². The third-order valence-corrected chi connectivity index (χ3v) is 3.33. The van der Waals surface area contributed by atoms with E-state index in [0.29, 0.717) is 5.54 Å². The maximum Gasteiger partial charge on any atom is 0.0418 e. The molecule has 2 aliphatic heterocycles. The molecule has 2 aliphatic rings. The van der Waals surface area contributed by atoms with E-state index in [9.17, 15) is 0 Å². The SMILES string of the molecule is CC(C)C12C=CCN1CCC2. The molecular weight excluding hydrogens is 134 g/mol. The van der Waals surface area contributed by atoms with Crippen LogP contribution in [0, 0.1) is 5.92 Å². The van der Waals surface area contributed by atoms with Crippen molar-refractivity contribution in [2.24, 2.45) is 5.92 Å². The summed E-state index contributed by atoms with van der Waals surface area (Å²) in [5.74, 6) is 0.781. The van der Waals surface area contributed by atoms with E-state index in [-0.39, 0.29) is 0 Å². The maximum atomic E-state index is 2.62. The summed E-state index contributed by atoms with van der Waals surface area (Å²) in [4.78, 5) is 2.62. The van der Waals surface area contributed by atoms with Crippen molar-refractivity contribution >= 4 is 0 Å². The smallest absolute Gasteiger partial charge is 0.0418 e. The molecule has 0 N–H and O–H groups in total. The molecule has 62 valence electrons. The lowest BCUT2D eigenvalue weighted by molar-refractivity contribution is 0.167. The summed E-state index contributed by atoms with van der Waals surface area (Å²) in [5, 5.41) is 0. The Morgan fingerprint density at radius 2 is 2.27 bits per heavy atom. The minimum Gasteiger partial charge on any atom is -0.290 e. The van der Waals surface area contributed by atoms with E-state index >= 15 is 0 Å². The zero-order valence-electron chi connectivity index (χ0n) is 7.51. The van der Waals surface area contributed by atoms with Gasteiger partial charge in [0.05, 0.1) is 0 Å². The van der Waals surface area contributed by atoms with Crippen LogP contribution in [0.1, 0.15) is 26.7 Å². The monoisotopic (exact) mass is 151 g/mol. The van der Waals surface area contributed by atoms with Crippen LogP contribution in [0.25, 0.3) is 0 Å². The van der Waals surface area contributed by atoms with Gasteiger partial charge in [-0.25, -0.2) is 0 Å². The molecule has 0 bridgehead atoms. The van der Waals surface area contributed by atoms with Gasteiger partial charge in [0.2, 0.25) is 0 Å². The molecule has 1 nitrogen and oxygen atoms in total. The molecule has 0 radical (unpaired) electrons. The molecule has 0 aromatic rings. The third-order valence-electron chi connectivity index (χ3n) is 3.33. The maximum absolute atomic E-state index is 2.62. The standard InChI is InChI=1S/C10H17N/c1-9(2)10-5-3-7-11(10)8-4-6-10/h3,5,9H,4,6-8H2,1-2H3. The topological polar surface area (TPSA) is 3.24 Å². The summed E-state index contributed by atoms with van der Waals surface area (Å²) in [6.45, 7) is 7.19. The Hall–Kier alpha value is -0.300. The van der Waals surface area contributed by atoms with E-state index < -0.39 is 0 Å². The molecule has 1 saturated heterocycles. The molecule has 0 aromatic heterocycles. The second kappa shape index (κ2) is 2.34. The molecule has 0 aromatic carbocycles. The van der Waals surface area contributed by atoms with Crippen LogP contribution in [0.15, 0.2) is 12.2 Å². The van der Waals surface area contributed by atoms with E-state index in [1.807, 2.05) is 0 Å². The van der Waals surface area contributed by atoms with Crippen LogP contribution in [-0.4, -0.2) is 23.5 Å². The van der Waals surface area contributed by atoms with Crippen molar-refractivity contribution in [3.8, 4) is 0 Å². The van der Waals surface area contributed by atoms with Crippen molar-refractivity contribution in [1.82, 2.24) is 4.90 Å². The first kappa shape index (κ1) is 7.35. The van der Waals surface area contributed by atoms with Crippen molar-refractivity contribution in [3.05, 3.63) is 12.2 Å². The van der Waals surface area contributed by atoms with Gasteiger partial charge in [-0.05, 0) is 25.3 Å². The predicted molar refractivity (Wildman–Crippen MR) is 47.5 cm³/mol. The van der Waals surface area contributed by atoms with Crippen LogP contribution in [0.3, 0.4) is 0 Å². The molecule has 0 aliphatic carbocycles. The molecule has 0 saturated carbocycles. The Labute approximate surface area is 69.1 Å². The van der Waals surface area contributed by atoms with Gasteiger partial charge in [-0.3, -0.25) is 4.90 Å². The number of fused-ring (bicyclic) bond motifs is 1. The molecule has 1 fully saturated rings. The zero-order chi connectivity index (χ0) is 7.90. The van der Waals surface area contributed by atoms with Crippen LogP contribution in [-0.2, 0) is 0 Å². The highest BCUT2D eigenvalue weighted by Gasteiger charge is 2.42. The van der Waals surface area contributed by atoms with Gasteiger partial charge in [-0.15, -0.1) is 0 Å². The quantitative estimate of drug-likeness (QED) is 0.518. The van der Waals surface area contributed by atoms with Crippen molar-refractivity contribution in [3.63, 3.8) is 0 Å². The van der Waals surface area contributed by atoms with Gasteiger partial charge in [-0.1, -0.05) is 26.0 Å². The molecule has 0 spiro atoms. The van der Waals surface area contributed by atoms with Gasteiger partial charge in [0.1, 0.15) is 0 Å². The summed E-state index contributed by atoms with van der Waals surface area (Å²) >= 11 is 0. The van der Waals surface area contributed by atoms with E-state index in [2.05, 4.69) is 30.9 Å². The van der Waals surface area contributed by atoms with Crippen molar-refractivity contribution < 1.29 is 0 Å². The second-order valence-corrected chi connectivity index (χ2v) is 4.10. The average Bonchev–Trinajstić information content (AvgIpc) is 2.40. The fourth-order valence-corrected chi connectivity index (χ4v) is 2.60. The zero-order valence-corrected chi connectivity index (χ0v) is 7.51. The second-order valence-electron chi connectivity index (χ2n) is 4.10. The van der Waals surface area contributed by atoms with Gasteiger partial charge < -0.3 is 0 Å². The highest BCUT2D eigenvalue weighted by atomic mass is 15.2. The highest BCUT2D eigenvalue weighted by molar-refractivity contribution is 5.18. The Bertz CT molecular complexity index is 183. The number of hydrogen-bond acceptors (Lipinski definition) is 1. The molecule has 0 amide bonds. The Morgan fingerprint density at radius 3 is 2.91 bits per heavy atom. The predicted octanol–water partition coefficient (Wildman–Crippen LogP) is 2.05.